The molecule has 0 radical (unpaired) electrons. The molecule has 2 N–H and O–H groups in total. The number of ether oxygens (including phenoxy) is 1. The van der Waals surface area contributed by atoms with Crippen molar-refractivity contribution in [2.75, 3.05) is 6.61 Å². The zero-order chi connectivity index (χ0) is 25.4. The van der Waals surface area contributed by atoms with Crippen molar-refractivity contribution in [3.8, 4) is 17.3 Å². The summed E-state index contributed by atoms with van der Waals surface area (Å²) >= 11 is 16.0. The summed E-state index contributed by atoms with van der Waals surface area (Å²) in [7, 11) is 0. The van der Waals surface area contributed by atoms with Crippen LogP contribution in [0.4, 0.5) is 0 Å². The molecule has 8 nitrogen and oxygen atoms in total. The zero-order valence-corrected chi connectivity index (χ0v) is 21.3. The molecule has 2 aromatic heterocycles. The Morgan fingerprint density at radius 1 is 1.14 bits per heavy atom. The fourth-order valence-electron chi connectivity index (χ4n) is 3.57. The molecule has 0 saturated heterocycles. The Kier molecular flexibility index (Phi) is 6.53. The molecule has 5 rings (SSSR count). The summed E-state index contributed by atoms with van der Waals surface area (Å²) < 4.78 is 13.3. The number of furan rings is 1. The Hall–Kier alpha value is -3.66. The summed E-state index contributed by atoms with van der Waals surface area (Å²) in [6.45, 7) is -0.373. The van der Waals surface area contributed by atoms with Crippen molar-refractivity contribution in [1.29, 1.82) is 0 Å². The van der Waals surface area contributed by atoms with Crippen LogP contribution in [0.15, 0.2) is 79.4 Å². The quantitative estimate of drug-likeness (QED) is 0.260. The molecule has 180 valence electrons. The number of primary amides is 1. The van der Waals surface area contributed by atoms with Crippen LogP contribution in [0, 0.1) is 0 Å². The maximum atomic E-state index is 13.4. The van der Waals surface area contributed by atoms with Crippen molar-refractivity contribution in [2.45, 2.75) is 0 Å². The van der Waals surface area contributed by atoms with Gasteiger partial charge >= 0.3 is 0 Å². The van der Waals surface area contributed by atoms with E-state index in [9.17, 15) is 9.59 Å². The molecule has 0 aliphatic heterocycles. The minimum absolute atomic E-state index is 0.118. The van der Waals surface area contributed by atoms with E-state index in [0.717, 1.165) is 14.5 Å². The summed E-state index contributed by atoms with van der Waals surface area (Å²) in [6, 6.07) is 17.4. The number of fused-ring (bicyclic) bond motifs is 2. The summed E-state index contributed by atoms with van der Waals surface area (Å²) in [6.07, 6.45) is 1.41. The van der Waals surface area contributed by atoms with E-state index in [1.165, 1.54) is 18.3 Å². The largest absolute Gasteiger partial charge is 0.481 e. The van der Waals surface area contributed by atoms with Gasteiger partial charge in [0.05, 0.1) is 27.2 Å². The van der Waals surface area contributed by atoms with Gasteiger partial charge in [0.25, 0.3) is 11.5 Å². The molecule has 5 aromatic rings. The Morgan fingerprint density at radius 2 is 1.89 bits per heavy atom. The fraction of sp³-hybridized carbons (Fsp3) is 0.0400. The molecule has 11 heteroatoms. The van der Waals surface area contributed by atoms with Crippen molar-refractivity contribution in [3.05, 3.63) is 91.1 Å². The van der Waals surface area contributed by atoms with E-state index in [4.69, 9.17) is 38.1 Å². The zero-order valence-electron chi connectivity index (χ0n) is 18.2. The maximum absolute atomic E-state index is 13.4. The molecule has 2 heterocycles. The first-order valence-corrected chi connectivity index (χ1v) is 12.0. The second-order valence-corrected chi connectivity index (χ2v) is 9.41. The van der Waals surface area contributed by atoms with E-state index in [1.54, 1.807) is 30.3 Å². The highest BCUT2D eigenvalue weighted by Crippen LogP contribution is 2.34. The van der Waals surface area contributed by atoms with Gasteiger partial charge in [-0.3, -0.25) is 9.59 Å². The van der Waals surface area contributed by atoms with Gasteiger partial charge in [0, 0.05) is 9.86 Å². The first-order valence-electron chi connectivity index (χ1n) is 10.5. The Morgan fingerprint density at radius 3 is 2.64 bits per heavy atom. The monoisotopic (exact) mass is 584 g/mol. The third-order valence-corrected chi connectivity index (χ3v) is 6.21. The van der Waals surface area contributed by atoms with Crippen LogP contribution in [0.25, 0.3) is 33.5 Å². The molecular weight excluding hydrogens is 571 g/mol. The van der Waals surface area contributed by atoms with Gasteiger partial charge in [-0.25, -0.2) is 4.98 Å². The number of halogens is 3. The number of rotatable bonds is 6. The van der Waals surface area contributed by atoms with Crippen molar-refractivity contribution < 1.29 is 13.9 Å². The van der Waals surface area contributed by atoms with Crippen molar-refractivity contribution in [3.63, 3.8) is 0 Å². The number of benzene rings is 3. The molecule has 0 spiro atoms. The topological polar surface area (TPSA) is 113 Å². The lowest BCUT2D eigenvalue weighted by Crippen LogP contribution is -2.20. The van der Waals surface area contributed by atoms with Crippen LogP contribution >= 0.6 is 39.1 Å². The third kappa shape index (κ3) is 4.73. The first-order chi connectivity index (χ1) is 17.3. The van der Waals surface area contributed by atoms with Gasteiger partial charge in [-0.2, -0.15) is 9.78 Å². The number of carbonyl (C=O) groups excluding carboxylic acids is 1. The molecule has 0 saturated carbocycles. The van der Waals surface area contributed by atoms with Gasteiger partial charge < -0.3 is 14.9 Å². The summed E-state index contributed by atoms with van der Waals surface area (Å²) in [4.78, 5) is 29.1. The summed E-state index contributed by atoms with van der Waals surface area (Å²) in [5, 5.41) is 5.92. The van der Waals surface area contributed by atoms with Crippen LogP contribution < -0.4 is 16.0 Å². The Bertz CT molecular complexity index is 1720. The maximum Gasteiger partial charge on any atom is 0.282 e. The van der Waals surface area contributed by atoms with Crippen LogP contribution in [0.3, 0.4) is 0 Å². The molecule has 3 aromatic carbocycles. The fourth-order valence-corrected chi connectivity index (χ4v) is 4.57. The van der Waals surface area contributed by atoms with Crippen molar-refractivity contribution in [1.82, 2.24) is 9.66 Å². The van der Waals surface area contributed by atoms with E-state index in [-0.39, 0.29) is 33.8 Å². The molecule has 1 amide bonds. The Balaban J connectivity index is 1.62. The number of para-hydroxylation sites is 1. The lowest BCUT2D eigenvalue weighted by molar-refractivity contribution is -0.119. The average molecular weight is 586 g/mol. The van der Waals surface area contributed by atoms with E-state index in [1.807, 2.05) is 18.2 Å². The molecule has 0 bridgehead atoms. The number of nitrogens with two attached hydrogens (primary N) is 1. The summed E-state index contributed by atoms with van der Waals surface area (Å²) in [5.41, 5.74) is 6.35. The SMILES string of the molecule is NC(=O)COc1c(Cl)cc(C=Nn2c(-c3cc4cc(Br)ccc4o3)nc3ccccc3c2=O)cc1Cl. The minimum atomic E-state index is -0.665. The lowest BCUT2D eigenvalue weighted by atomic mass is 10.2. The van der Waals surface area contributed by atoms with Crippen LogP contribution in [0.5, 0.6) is 5.75 Å². The number of hydrogen-bond donors (Lipinski definition) is 1. The van der Waals surface area contributed by atoms with Gasteiger partial charge in [-0.05, 0) is 54.1 Å². The van der Waals surface area contributed by atoms with Crippen LogP contribution in [0.1, 0.15) is 5.56 Å². The number of aromatic nitrogens is 2. The van der Waals surface area contributed by atoms with Crippen molar-refractivity contribution in [2.24, 2.45) is 10.8 Å². The highest BCUT2D eigenvalue weighted by atomic mass is 79.9. The summed E-state index contributed by atoms with van der Waals surface area (Å²) in [5.74, 6) is 0.0459. The molecular formula is C25H15BrCl2N4O4. The van der Waals surface area contributed by atoms with E-state index < -0.39 is 5.91 Å². The minimum Gasteiger partial charge on any atom is -0.481 e. The van der Waals surface area contributed by atoms with Gasteiger partial charge in [0.15, 0.2) is 18.1 Å². The predicted molar refractivity (Wildman–Crippen MR) is 143 cm³/mol. The molecule has 0 atom stereocenters. The van der Waals surface area contributed by atoms with Gasteiger partial charge in [0.1, 0.15) is 5.58 Å². The van der Waals surface area contributed by atoms with Crippen LogP contribution in [-0.4, -0.2) is 28.4 Å². The highest BCUT2D eigenvalue weighted by molar-refractivity contribution is 9.10. The lowest BCUT2D eigenvalue weighted by Gasteiger charge is -2.10. The second-order valence-electron chi connectivity index (χ2n) is 7.68. The molecule has 0 fully saturated rings. The van der Waals surface area contributed by atoms with Crippen LogP contribution in [-0.2, 0) is 4.79 Å². The standard InChI is InChI=1S/C25H15BrCl2N4O4/c26-15-5-6-20-14(9-15)10-21(36-20)24-31-19-4-2-1-3-16(19)25(34)32(24)30-11-13-7-17(27)23(18(28)8-13)35-12-22(29)33/h1-11H,12H2,(H2,29,33). The van der Waals surface area contributed by atoms with E-state index in [0.29, 0.717) is 27.8 Å². The van der Waals surface area contributed by atoms with Crippen molar-refractivity contribution >= 4 is 73.1 Å². The van der Waals surface area contributed by atoms with E-state index in [2.05, 4.69) is 26.0 Å². The number of nitrogens with zero attached hydrogens (tertiary/aromatic N) is 3. The number of carbonyl (C=O) groups is 1. The van der Waals surface area contributed by atoms with E-state index >= 15 is 0 Å². The van der Waals surface area contributed by atoms with Gasteiger partial charge in [-0.15, -0.1) is 0 Å². The average Bonchev–Trinajstić information content (AvgIpc) is 3.25. The normalized spacial score (nSPS) is 11.5. The number of amides is 1. The van der Waals surface area contributed by atoms with Gasteiger partial charge in [-0.1, -0.05) is 51.3 Å². The molecule has 0 unspecified atom stereocenters. The molecule has 0 aliphatic carbocycles. The molecule has 0 aliphatic rings. The number of hydrogen-bond acceptors (Lipinski definition) is 6. The van der Waals surface area contributed by atoms with Crippen LogP contribution in [0.2, 0.25) is 10.0 Å². The second kappa shape index (κ2) is 9.77. The third-order valence-electron chi connectivity index (χ3n) is 5.15. The highest BCUT2D eigenvalue weighted by Gasteiger charge is 2.17. The van der Waals surface area contributed by atoms with Gasteiger partial charge in [0.2, 0.25) is 5.82 Å². The first kappa shape index (κ1) is 24.1. The smallest absolute Gasteiger partial charge is 0.282 e. The molecule has 36 heavy (non-hydrogen) atoms. The predicted octanol–water partition coefficient (Wildman–Crippen LogP) is 5.63. The Labute approximate surface area is 222 Å².